The Morgan fingerprint density at radius 1 is 0.976 bits per heavy atom. The Morgan fingerprint density at radius 3 is 2.36 bits per heavy atom. The predicted molar refractivity (Wildman–Crippen MR) is 161 cm³/mol. The molecule has 0 fully saturated rings. The first-order chi connectivity index (χ1) is 20.4. The number of benzene rings is 3. The van der Waals surface area contributed by atoms with Gasteiger partial charge in [0.15, 0.2) is 0 Å². The van der Waals surface area contributed by atoms with Crippen molar-refractivity contribution in [2.75, 3.05) is 13.1 Å². The van der Waals surface area contributed by atoms with Crippen LogP contribution >= 0.6 is 11.6 Å². The van der Waals surface area contributed by atoms with E-state index in [0.717, 1.165) is 11.1 Å². The van der Waals surface area contributed by atoms with E-state index in [1.165, 1.54) is 11.2 Å². The minimum Gasteiger partial charge on any atom is -0.445 e. The number of ether oxygens (including phenoxy) is 1. The third-order valence-corrected chi connectivity index (χ3v) is 7.08. The molecule has 3 N–H and O–H groups in total. The summed E-state index contributed by atoms with van der Waals surface area (Å²) in [7, 11) is 0. The third-order valence-electron chi connectivity index (χ3n) is 6.71. The van der Waals surface area contributed by atoms with Gasteiger partial charge >= 0.3 is 6.09 Å². The predicted octanol–water partition coefficient (Wildman–Crippen LogP) is 4.85. The molecule has 0 saturated heterocycles. The summed E-state index contributed by atoms with van der Waals surface area (Å²) in [6.45, 7) is 2.30. The first-order valence-electron chi connectivity index (χ1n) is 13.7. The van der Waals surface area contributed by atoms with Crippen LogP contribution in [-0.4, -0.2) is 51.9 Å². The molecular weight excluding hydrogens is 554 g/mol. The molecule has 1 heterocycles. The van der Waals surface area contributed by atoms with Crippen LogP contribution in [0.4, 0.5) is 4.79 Å². The highest BCUT2D eigenvalue weighted by Gasteiger charge is 2.29. The molecule has 9 nitrogen and oxygen atoms in total. The van der Waals surface area contributed by atoms with Crippen molar-refractivity contribution in [3.8, 4) is 0 Å². The van der Waals surface area contributed by atoms with Crippen molar-refractivity contribution in [3.63, 3.8) is 0 Å². The number of hydrogen-bond acceptors (Lipinski definition) is 5. The Kier molecular flexibility index (Phi) is 11.1. The number of halogens is 1. The second-order valence-electron chi connectivity index (χ2n) is 9.92. The molecule has 0 aliphatic heterocycles. The fraction of sp³-hybridized carbons (Fsp3) is 0.250. The monoisotopic (exact) mass is 587 g/mol. The highest BCUT2D eigenvalue weighted by molar-refractivity contribution is 6.31. The van der Waals surface area contributed by atoms with Crippen molar-refractivity contribution in [1.29, 1.82) is 0 Å². The first-order valence-corrected chi connectivity index (χ1v) is 14.1. The van der Waals surface area contributed by atoms with Crippen molar-refractivity contribution in [2.24, 2.45) is 0 Å². The summed E-state index contributed by atoms with van der Waals surface area (Å²) in [5.41, 5.74) is 3.14. The lowest BCUT2D eigenvalue weighted by Crippen LogP contribution is -2.52. The summed E-state index contributed by atoms with van der Waals surface area (Å²) in [5.74, 6) is -0.722. The van der Waals surface area contributed by atoms with Crippen LogP contribution in [0, 0.1) is 0 Å². The fourth-order valence-electron chi connectivity index (χ4n) is 4.38. The molecule has 0 aliphatic carbocycles. The van der Waals surface area contributed by atoms with E-state index in [0.29, 0.717) is 22.8 Å². The molecule has 4 rings (SSSR count). The summed E-state index contributed by atoms with van der Waals surface area (Å²) in [6.07, 6.45) is 2.47. The van der Waals surface area contributed by atoms with Crippen LogP contribution in [0.3, 0.4) is 0 Å². The van der Waals surface area contributed by atoms with Gasteiger partial charge in [-0.05, 0) is 28.7 Å². The number of alkyl carbamates (subject to hydrolysis) is 1. The van der Waals surface area contributed by atoms with Crippen molar-refractivity contribution in [3.05, 3.63) is 125 Å². The molecule has 4 aromatic rings. The maximum atomic E-state index is 14.0. The van der Waals surface area contributed by atoms with Gasteiger partial charge in [0.1, 0.15) is 12.6 Å². The molecule has 42 heavy (non-hydrogen) atoms. The molecule has 0 radical (unpaired) electrons. The lowest BCUT2D eigenvalue weighted by molar-refractivity contribution is -0.138. The Balaban J connectivity index is 1.49. The molecule has 10 heteroatoms. The van der Waals surface area contributed by atoms with Gasteiger partial charge in [0.25, 0.3) is 0 Å². The molecule has 0 saturated carbocycles. The van der Waals surface area contributed by atoms with Crippen molar-refractivity contribution in [1.82, 2.24) is 25.5 Å². The highest BCUT2D eigenvalue weighted by atomic mass is 35.5. The number of carbonyl (C=O) groups excluding carboxylic acids is 3. The number of aromatic nitrogens is 2. The Hall–Kier alpha value is -4.63. The van der Waals surface area contributed by atoms with E-state index in [1.807, 2.05) is 73.7 Å². The first kappa shape index (κ1) is 30.3. The summed E-state index contributed by atoms with van der Waals surface area (Å²) < 4.78 is 5.38. The summed E-state index contributed by atoms with van der Waals surface area (Å²) in [5, 5.41) is 6.08. The van der Waals surface area contributed by atoms with Gasteiger partial charge in [0.2, 0.25) is 11.8 Å². The lowest BCUT2D eigenvalue weighted by Gasteiger charge is -2.28. The number of amides is 3. The molecule has 0 aliphatic rings. The van der Waals surface area contributed by atoms with Gasteiger partial charge in [0, 0.05) is 30.7 Å². The molecule has 0 spiro atoms. The van der Waals surface area contributed by atoms with Crippen LogP contribution in [0.25, 0.3) is 0 Å². The van der Waals surface area contributed by atoms with Crippen LogP contribution in [0.15, 0.2) is 97.5 Å². The molecule has 1 aromatic heterocycles. The highest BCUT2D eigenvalue weighted by Crippen LogP contribution is 2.18. The van der Waals surface area contributed by atoms with Gasteiger partial charge in [-0.3, -0.25) is 9.59 Å². The number of hydrogen-bond donors (Lipinski definition) is 3. The van der Waals surface area contributed by atoms with Crippen LogP contribution < -0.4 is 10.6 Å². The Labute approximate surface area is 250 Å². The maximum Gasteiger partial charge on any atom is 0.408 e. The van der Waals surface area contributed by atoms with Crippen LogP contribution in [0.5, 0.6) is 0 Å². The number of carbonyl (C=O) groups is 3. The van der Waals surface area contributed by atoms with E-state index in [2.05, 4.69) is 20.6 Å². The van der Waals surface area contributed by atoms with Crippen molar-refractivity contribution >= 4 is 29.5 Å². The van der Waals surface area contributed by atoms with Crippen LogP contribution in [0.2, 0.25) is 5.02 Å². The SMILES string of the molecule is C[C@H](CNC(=O)CN(Cc1ccccc1Cl)C(=O)[C@H](Cc1c[nH]cn1)NC(=O)OCc1ccccc1)c1ccccc1. The van der Waals surface area contributed by atoms with E-state index in [1.54, 1.807) is 24.4 Å². The van der Waals surface area contributed by atoms with E-state index in [4.69, 9.17) is 16.3 Å². The zero-order valence-corrected chi connectivity index (χ0v) is 24.1. The van der Waals surface area contributed by atoms with E-state index >= 15 is 0 Å². The van der Waals surface area contributed by atoms with Gasteiger partial charge < -0.3 is 25.3 Å². The second-order valence-corrected chi connectivity index (χ2v) is 10.3. The number of H-pyrrole nitrogens is 1. The van der Waals surface area contributed by atoms with Gasteiger partial charge in [-0.25, -0.2) is 9.78 Å². The van der Waals surface area contributed by atoms with Crippen molar-refractivity contribution < 1.29 is 19.1 Å². The molecule has 0 unspecified atom stereocenters. The van der Waals surface area contributed by atoms with E-state index < -0.39 is 18.0 Å². The molecule has 0 bridgehead atoms. The molecule has 3 amide bonds. The quantitative estimate of drug-likeness (QED) is 0.207. The minimum atomic E-state index is -1.05. The Bertz CT molecular complexity index is 1430. The van der Waals surface area contributed by atoms with Gasteiger partial charge in [0.05, 0.1) is 18.6 Å². The van der Waals surface area contributed by atoms with Crippen molar-refractivity contribution in [2.45, 2.75) is 38.5 Å². The fourth-order valence-corrected chi connectivity index (χ4v) is 4.57. The number of rotatable bonds is 13. The molecule has 2 atom stereocenters. The largest absolute Gasteiger partial charge is 0.445 e. The number of aromatic amines is 1. The topological polar surface area (TPSA) is 116 Å². The minimum absolute atomic E-state index is 0.0430. The molecule has 218 valence electrons. The van der Waals surface area contributed by atoms with Gasteiger partial charge in [-0.2, -0.15) is 0 Å². The van der Waals surface area contributed by atoms with E-state index in [9.17, 15) is 14.4 Å². The number of imidazole rings is 1. The third kappa shape index (κ3) is 9.21. The summed E-state index contributed by atoms with van der Waals surface area (Å²) in [4.78, 5) is 48.4. The van der Waals surface area contributed by atoms with Gasteiger partial charge in [-0.1, -0.05) is 97.4 Å². The zero-order chi connectivity index (χ0) is 29.7. The van der Waals surface area contributed by atoms with E-state index in [-0.39, 0.29) is 37.9 Å². The number of nitrogens with zero attached hydrogens (tertiary/aromatic N) is 2. The number of nitrogens with one attached hydrogen (secondary N) is 3. The second kappa shape index (κ2) is 15.4. The van der Waals surface area contributed by atoms with Gasteiger partial charge in [-0.15, -0.1) is 0 Å². The lowest BCUT2D eigenvalue weighted by atomic mass is 10.0. The molecule has 3 aromatic carbocycles. The summed E-state index contributed by atoms with van der Waals surface area (Å²) in [6, 6.07) is 25.2. The zero-order valence-electron chi connectivity index (χ0n) is 23.3. The smallest absolute Gasteiger partial charge is 0.408 e. The maximum absolute atomic E-state index is 14.0. The van der Waals surface area contributed by atoms with Crippen LogP contribution in [-0.2, 0) is 33.9 Å². The normalized spacial score (nSPS) is 12.1. The average molecular weight is 588 g/mol. The summed E-state index contributed by atoms with van der Waals surface area (Å²) >= 11 is 6.42. The van der Waals surface area contributed by atoms with Crippen LogP contribution in [0.1, 0.15) is 35.2 Å². The Morgan fingerprint density at radius 2 is 1.67 bits per heavy atom. The standard InChI is InChI=1S/C32H34ClN5O4/c1-23(25-12-6-3-7-13-25)17-35-30(39)20-38(19-26-14-8-9-15-28(26)33)31(40)29(16-27-18-34-22-36-27)37-32(41)42-21-24-10-4-2-5-11-24/h2-15,18,22-23,29H,16-17,19-21H2,1H3,(H,34,36)(H,35,39)(H,37,41)/t23-,29+/m1/s1. The average Bonchev–Trinajstić information content (AvgIpc) is 3.53. The molecular formula is C32H34ClN5O4.